The summed E-state index contributed by atoms with van der Waals surface area (Å²) in [5.74, 6) is 0. The van der Waals surface area contributed by atoms with Gasteiger partial charge in [0.15, 0.2) is 0 Å². The van der Waals surface area contributed by atoms with E-state index in [1.54, 1.807) is 18.4 Å². The maximum absolute atomic E-state index is 5.66. The first-order valence-electron chi connectivity index (χ1n) is 5.65. The molecule has 1 N–H and O–H groups in total. The Morgan fingerprint density at radius 2 is 1.88 bits per heavy atom. The number of ether oxygens (including phenoxy) is 1. The quantitative estimate of drug-likeness (QED) is 0.874. The second-order valence-electron chi connectivity index (χ2n) is 3.85. The first-order valence-corrected chi connectivity index (χ1v) is 6.53. The van der Waals surface area contributed by atoms with Gasteiger partial charge >= 0.3 is 0 Å². The van der Waals surface area contributed by atoms with Gasteiger partial charge in [-0.25, -0.2) is 0 Å². The lowest BCUT2D eigenvalue weighted by Crippen LogP contribution is -2.24. The molecule has 3 heteroatoms. The lowest BCUT2D eigenvalue weighted by atomic mass is 10.0. The van der Waals surface area contributed by atoms with Crippen molar-refractivity contribution in [2.24, 2.45) is 0 Å². The molecular formula is C14H17NOS. The average molecular weight is 247 g/mol. The van der Waals surface area contributed by atoms with Crippen LogP contribution in [0.25, 0.3) is 0 Å². The minimum Gasteiger partial charge on any atom is -0.375 e. The highest BCUT2D eigenvalue weighted by Crippen LogP contribution is 2.33. The van der Waals surface area contributed by atoms with Gasteiger partial charge in [-0.15, -0.1) is 11.3 Å². The molecular weight excluding hydrogens is 230 g/mol. The first kappa shape index (κ1) is 12.3. The predicted molar refractivity (Wildman–Crippen MR) is 72.3 cm³/mol. The van der Waals surface area contributed by atoms with Crippen molar-refractivity contribution in [3.63, 3.8) is 0 Å². The van der Waals surface area contributed by atoms with Gasteiger partial charge in [0, 0.05) is 12.0 Å². The van der Waals surface area contributed by atoms with Gasteiger partial charge in [-0.05, 0) is 24.1 Å². The second-order valence-corrected chi connectivity index (χ2v) is 4.83. The minimum atomic E-state index is 0.0415. The van der Waals surface area contributed by atoms with Gasteiger partial charge in [0.25, 0.3) is 0 Å². The maximum atomic E-state index is 5.66. The van der Waals surface area contributed by atoms with Gasteiger partial charge in [-0.3, -0.25) is 0 Å². The second kappa shape index (κ2) is 5.96. The fourth-order valence-electron chi connectivity index (χ4n) is 2.02. The molecule has 2 unspecified atom stereocenters. The summed E-state index contributed by atoms with van der Waals surface area (Å²) in [4.78, 5) is 1.29. The summed E-state index contributed by atoms with van der Waals surface area (Å²) in [5.41, 5.74) is 1.20. The number of benzene rings is 1. The lowest BCUT2D eigenvalue weighted by molar-refractivity contribution is 0.0713. The van der Waals surface area contributed by atoms with E-state index >= 15 is 0 Å². The Balaban J connectivity index is 2.28. The molecule has 0 saturated carbocycles. The van der Waals surface area contributed by atoms with E-state index in [9.17, 15) is 0 Å². The van der Waals surface area contributed by atoms with Gasteiger partial charge < -0.3 is 10.1 Å². The number of hydrogen-bond acceptors (Lipinski definition) is 3. The molecule has 0 aliphatic heterocycles. The third-order valence-electron chi connectivity index (χ3n) is 2.85. The first-order chi connectivity index (χ1) is 8.36. The Hall–Kier alpha value is -1.16. The number of rotatable bonds is 5. The van der Waals surface area contributed by atoms with Crippen LogP contribution in [-0.4, -0.2) is 14.2 Å². The summed E-state index contributed by atoms with van der Waals surface area (Å²) in [6.45, 7) is 0. The highest BCUT2D eigenvalue weighted by atomic mass is 32.1. The van der Waals surface area contributed by atoms with Crippen molar-refractivity contribution in [2.45, 2.75) is 12.1 Å². The lowest BCUT2D eigenvalue weighted by Gasteiger charge is -2.25. The van der Waals surface area contributed by atoms with Crippen molar-refractivity contribution in [3.8, 4) is 0 Å². The van der Waals surface area contributed by atoms with E-state index in [2.05, 4.69) is 35.0 Å². The Kier molecular flexibility index (Phi) is 4.31. The van der Waals surface area contributed by atoms with Crippen LogP contribution >= 0.6 is 11.3 Å². The average Bonchev–Trinajstić information content (AvgIpc) is 2.90. The van der Waals surface area contributed by atoms with E-state index in [4.69, 9.17) is 4.74 Å². The van der Waals surface area contributed by atoms with Gasteiger partial charge in [0.1, 0.15) is 6.10 Å². The highest BCUT2D eigenvalue weighted by Gasteiger charge is 2.23. The van der Waals surface area contributed by atoms with Crippen LogP contribution in [-0.2, 0) is 4.74 Å². The number of methoxy groups -OCH3 is 1. The molecule has 0 aliphatic rings. The van der Waals surface area contributed by atoms with E-state index in [0.717, 1.165) is 0 Å². The maximum Gasteiger partial charge on any atom is 0.102 e. The molecule has 2 atom stereocenters. The smallest absolute Gasteiger partial charge is 0.102 e. The van der Waals surface area contributed by atoms with E-state index < -0.39 is 0 Å². The van der Waals surface area contributed by atoms with Crippen molar-refractivity contribution in [1.82, 2.24) is 5.32 Å². The molecule has 17 heavy (non-hydrogen) atoms. The zero-order valence-electron chi connectivity index (χ0n) is 10.1. The standard InChI is InChI=1S/C14H17NOS/c1-15-13(12-9-6-10-17-12)14(16-2)11-7-4-3-5-8-11/h3-10,13-15H,1-2H3. The molecule has 1 heterocycles. The molecule has 0 spiro atoms. The molecule has 2 aromatic rings. The molecule has 1 aromatic heterocycles. The molecule has 0 bridgehead atoms. The Morgan fingerprint density at radius 1 is 1.12 bits per heavy atom. The van der Waals surface area contributed by atoms with Crippen molar-refractivity contribution in [2.75, 3.05) is 14.2 Å². The Morgan fingerprint density at radius 3 is 2.41 bits per heavy atom. The van der Waals surface area contributed by atoms with Gasteiger partial charge in [-0.2, -0.15) is 0 Å². The summed E-state index contributed by atoms with van der Waals surface area (Å²) in [6.07, 6.45) is 0.0415. The zero-order chi connectivity index (χ0) is 12.1. The fourth-order valence-corrected chi connectivity index (χ4v) is 2.88. The van der Waals surface area contributed by atoms with Gasteiger partial charge in [0.2, 0.25) is 0 Å². The topological polar surface area (TPSA) is 21.3 Å². The Bertz CT molecular complexity index is 427. The van der Waals surface area contributed by atoms with Crippen molar-refractivity contribution >= 4 is 11.3 Å². The van der Waals surface area contributed by atoms with E-state index in [1.807, 2.05) is 25.2 Å². The molecule has 2 rings (SSSR count). The van der Waals surface area contributed by atoms with Crippen LogP contribution in [0.2, 0.25) is 0 Å². The number of likely N-dealkylation sites (N-methyl/N-ethyl adjacent to an activating group) is 1. The summed E-state index contributed by atoms with van der Waals surface area (Å²) in [6, 6.07) is 14.7. The molecule has 0 aliphatic carbocycles. The number of hydrogen-bond donors (Lipinski definition) is 1. The van der Waals surface area contributed by atoms with Crippen LogP contribution in [0.1, 0.15) is 22.6 Å². The molecule has 0 saturated heterocycles. The van der Waals surface area contributed by atoms with E-state index in [1.165, 1.54) is 10.4 Å². The summed E-state index contributed by atoms with van der Waals surface area (Å²) >= 11 is 1.75. The number of nitrogens with one attached hydrogen (secondary N) is 1. The van der Waals surface area contributed by atoms with E-state index in [0.29, 0.717) is 0 Å². The van der Waals surface area contributed by atoms with Crippen LogP contribution in [0.3, 0.4) is 0 Å². The number of thiophene rings is 1. The molecule has 2 nitrogen and oxygen atoms in total. The van der Waals surface area contributed by atoms with Crippen LogP contribution in [0.5, 0.6) is 0 Å². The van der Waals surface area contributed by atoms with Crippen molar-refractivity contribution in [1.29, 1.82) is 0 Å². The summed E-state index contributed by atoms with van der Waals surface area (Å²) < 4.78 is 5.66. The normalized spacial score (nSPS) is 14.5. The molecule has 0 radical (unpaired) electrons. The fraction of sp³-hybridized carbons (Fsp3) is 0.286. The summed E-state index contributed by atoms with van der Waals surface area (Å²) in [5, 5.41) is 5.43. The van der Waals surface area contributed by atoms with E-state index in [-0.39, 0.29) is 12.1 Å². The predicted octanol–water partition coefficient (Wildman–Crippen LogP) is 3.40. The third kappa shape index (κ3) is 2.75. The van der Waals surface area contributed by atoms with Crippen molar-refractivity contribution in [3.05, 3.63) is 58.3 Å². The zero-order valence-corrected chi connectivity index (χ0v) is 10.9. The molecule has 90 valence electrons. The molecule has 1 aromatic carbocycles. The SMILES string of the molecule is CNC(c1cccs1)C(OC)c1ccccc1. The van der Waals surface area contributed by atoms with Crippen molar-refractivity contribution < 1.29 is 4.74 Å². The largest absolute Gasteiger partial charge is 0.375 e. The third-order valence-corrected chi connectivity index (χ3v) is 3.80. The van der Waals surface area contributed by atoms with Gasteiger partial charge in [-0.1, -0.05) is 36.4 Å². The molecule has 0 amide bonds. The summed E-state index contributed by atoms with van der Waals surface area (Å²) in [7, 11) is 3.73. The Labute approximate surface area is 106 Å². The monoisotopic (exact) mass is 247 g/mol. The van der Waals surface area contributed by atoms with Crippen LogP contribution in [0.15, 0.2) is 47.8 Å². The van der Waals surface area contributed by atoms with Crippen LogP contribution in [0, 0.1) is 0 Å². The minimum absolute atomic E-state index is 0.0415. The highest BCUT2D eigenvalue weighted by molar-refractivity contribution is 7.10. The van der Waals surface area contributed by atoms with Gasteiger partial charge in [0.05, 0.1) is 6.04 Å². The molecule has 0 fully saturated rings. The van der Waals surface area contributed by atoms with Crippen LogP contribution in [0.4, 0.5) is 0 Å². The van der Waals surface area contributed by atoms with Crippen LogP contribution < -0.4 is 5.32 Å².